The summed E-state index contributed by atoms with van der Waals surface area (Å²) >= 11 is 2.90. The number of benzene rings is 2. The van der Waals surface area contributed by atoms with Crippen molar-refractivity contribution in [1.82, 2.24) is 4.90 Å². The number of carbonyl (C=O) groups excluding carboxylic acids is 1. The Morgan fingerprint density at radius 3 is 2.43 bits per heavy atom. The topological polar surface area (TPSA) is 64.0 Å². The molecule has 0 saturated carbocycles. The van der Waals surface area contributed by atoms with Crippen LogP contribution in [0.3, 0.4) is 0 Å². The van der Waals surface area contributed by atoms with Crippen LogP contribution in [0.5, 0.6) is 11.5 Å². The molecule has 1 aliphatic heterocycles. The van der Waals surface area contributed by atoms with E-state index in [2.05, 4.69) is 15.6 Å². The Bertz CT molecular complexity index is 818. The Labute approximate surface area is 141 Å². The Hall–Kier alpha value is -2.56. The molecule has 0 radical (unpaired) electrons. The number of likely N-dealkylation sites (N-methyl/N-ethyl adjacent to an activating group) is 1. The van der Waals surface area contributed by atoms with E-state index >= 15 is 0 Å². The van der Waals surface area contributed by atoms with Crippen molar-refractivity contribution in [3.05, 3.63) is 59.8 Å². The summed E-state index contributed by atoms with van der Waals surface area (Å²) in [5, 5.41) is 19.5. The maximum absolute atomic E-state index is 12.8. The first-order valence-electron chi connectivity index (χ1n) is 6.90. The molecule has 0 unspecified atom stereocenters. The predicted octanol–water partition coefficient (Wildman–Crippen LogP) is 1.67. The van der Waals surface area contributed by atoms with Crippen LogP contribution in [0.25, 0.3) is 6.08 Å². The second-order valence-corrected chi connectivity index (χ2v) is 5.83. The molecule has 0 atom stereocenters. The van der Waals surface area contributed by atoms with Gasteiger partial charge in [-0.3, -0.25) is 0 Å². The zero-order valence-corrected chi connectivity index (χ0v) is 14.0. The van der Waals surface area contributed by atoms with Gasteiger partial charge < -0.3 is 0 Å². The van der Waals surface area contributed by atoms with E-state index in [0.717, 1.165) is 5.69 Å². The number of rotatable bonds is 2. The van der Waals surface area contributed by atoms with Crippen molar-refractivity contribution in [3.8, 4) is 11.5 Å². The van der Waals surface area contributed by atoms with E-state index in [1.807, 2.05) is 30.3 Å². The fourth-order valence-electron chi connectivity index (χ4n) is 2.37. The molecule has 2 aromatic rings. The van der Waals surface area contributed by atoms with Gasteiger partial charge in [0.15, 0.2) is 0 Å². The maximum atomic E-state index is 12.8. The van der Waals surface area contributed by atoms with Crippen molar-refractivity contribution in [1.29, 1.82) is 0 Å². The van der Waals surface area contributed by atoms with Gasteiger partial charge in [0.1, 0.15) is 0 Å². The van der Waals surface area contributed by atoms with E-state index < -0.39 is 0 Å². The molecule has 1 fully saturated rings. The van der Waals surface area contributed by atoms with Crippen LogP contribution in [0.2, 0.25) is 0 Å². The molecule has 1 heterocycles. The quantitative estimate of drug-likeness (QED) is 0.478. The fourth-order valence-corrected chi connectivity index (χ4v) is 2.98. The van der Waals surface area contributed by atoms with Crippen LogP contribution in [-0.4, -0.2) is 48.3 Å². The summed E-state index contributed by atoms with van der Waals surface area (Å²) in [5.41, 5.74) is 1.52. The molecule has 6 heteroatoms. The van der Waals surface area contributed by atoms with Crippen LogP contribution in [-0.2, 0) is 4.79 Å². The minimum absolute atomic E-state index is 0.213. The number of phenolic OH excluding ortho intramolecular Hbond substituents is 2. The summed E-state index contributed by atoms with van der Waals surface area (Å²) < 4.78 is 0.645. The van der Waals surface area contributed by atoms with Crippen molar-refractivity contribution in [2.45, 2.75) is 0 Å². The molecule has 1 aliphatic rings. The number of phenols is 2. The van der Waals surface area contributed by atoms with Crippen molar-refractivity contribution >= 4 is 37.9 Å². The number of para-hydroxylation sites is 2. The second-order valence-electron chi connectivity index (χ2n) is 5.06. The Morgan fingerprint density at radius 1 is 1.04 bits per heavy atom. The van der Waals surface area contributed by atoms with Crippen molar-refractivity contribution < 1.29 is 15.0 Å². The van der Waals surface area contributed by atoms with Crippen LogP contribution in [0, 0.1) is 0 Å². The van der Waals surface area contributed by atoms with Gasteiger partial charge in [-0.05, 0) is 0 Å². The first-order chi connectivity index (χ1) is 11.0. The number of carbonyl (C=O) groups is 1. The zero-order chi connectivity index (χ0) is 16.6. The molecule has 116 valence electrons. The third-order valence-electron chi connectivity index (χ3n) is 3.61. The van der Waals surface area contributed by atoms with Crippen LogP contribution in [0.1, 0.15) is 5.56 Å². The van der Waals surface area contributed by atoms with Crippen LogP contribution in [0.4, 0.5) is 5.69 Å². The van der Waals surface area contributed by atoms with Gasteiger partial charge in [0.2, 0.25) is 0 Å². The number of anilines is 1. The fraction of sp³-hybridized carbons (Fsp3) is 0.0588. The molecule has 0 aliphatic carbocycles. The molecular formula is C17H14N2O3Se. The molecule has 5 nitrogen and oxygen atoms in total. The Morgan fingerprint density at radius 2 is 1.74 bits per heavy atom. The van der Waals surface area contributed by atoms with Crippen molar-refractivity contribution in [2.24, 2.45) is 0 Å². The summed E-state index contributed by atoms with van der Waals surface area (Å²) in [6.07, 6.45) is 1.55. The molecule has 3 rings (SSSR count). The van der Waals surface area contributed by atoms with E-state index in [1.54, 1.807) is 35.1 Å². The van der Waals surface area contributed by atoms with E-state index in [1.165, 1.54) is 6.07 Å². The predicted molar refractivity (Wildman–Crippen MR) is 90.2 cm³/mol. The first kappa shape index (κ1) is 15.3. The molecule has 0 aromatic heterocycles. The van der Waals surface area contributed by atoms with E-state index in [0.29, 0.717) is 15.9 Å². The molecule has 0 bridgehead atoms. The van der Waals surface area contributed by atoms with E-state index in [9.17, 15) is 15.0 Å². The van der Waals surface area contributed by atoms with Gasteiger partial charge in [0, 0.05) is 0 Å². The van der Waals surface area contributed by atoms with Gasteiger partial charge in [-0.1, -0.05) is 0 Å². The first-order valence-corrected chi connectivity index (χ1v) is 7.76. The third kappa shape index (κ3) is 2.63. The summed E-state index contributed by atoms with van der Waals surface area (Å²) in [6, 6.07) is 13.9. The molecule has 2 aromatic carbocycles. The normalized spacial score (nSPS) is 16.5. The summed E-state index contributed by atoms with van der Waals surface area (Å²) in [7, 11) is 1.76. The Kier molecular flexibility index (Phi) is 3.94. The Balaban J connectivity index is 2.04. The zero-order valence-electron chi connectivity index (χ0n) is 12.3. The molecular weight excluding hydrogens is 359 g/mol. The monoisotopic (exact) mass is 374 g/mol. The van der Waals surface area contributed by atoms with Crippen LogP contribution < -0.4 is 4.90 Å². The summed E-state index contributed by atoms with van der Waals surface area (Å²) in [4.78, 5) is 16.0. The van der Waals surface area contributed by atoms with Crippen molar-refractivity contribution in [2.75, 3.05) is 11.9 Å². The third-order valence-corrected chi connectivity index (χ3v) is 4.57. The van der Waals surface area contributed by atoms with Crippen LogP contribution >= 0.6 is 0 Å². The van der Waals surface area contributed by atoms with Crippen LogP contribution in [0.15, 0.2) is 54.2 Å². The standard InChI is InChI=1S/C17H14N2O3Se/c1-18-13(10-11-6-5-9-14(20)15(11)21)16(22)19(17(18)23)12-7-3-2-4-8-12/h2-10,20-21H,1H3/b13-10+. The molecule has 0 spiro atoms. The minimum atomic E-state index is -0.249. The molecule has 1 saturated heterocycles. The van der Waals surface area contributed by atoms with Gasteiger partial charge >= 0.3 is 141 Å². The van der Waals surface area contributed by atoms with Gasteiger partial charge in [-0.15, -0.1) is 0 Å². The van der Waals surface area contributed by atoms with Crippen molar-refractivity contribution in [3.63, 3.8) is 0 Å². The number of hydrogen-bond donors (Lipinski definition) is 2. The molecule has 2 N–H and O–H groups in total. The van der Waals surface area contributed by atoms with Gasteiger partial charge in [0.05, 0.1) is 0 Å². The molecule has 1 amide bonds. The summed E-state index contributed by atoms with van der Waals surface area (Å²) in [5.74, 6) is -0.684. The average molecular weight is 373 g/mol. The summed E-state index contributed by atoms with van der Waals surface area (Å²) in [6.45, 7) is 0. The SMILES string of the molecule is CN1C(=[Se])N(c2ccccc2)C(=O)/C1=C\c1cccc(O)c1O. The van der Waals surface area contributed by atoms with E-state index in [4.69, 9.17) is 0 Å². The molecule has 23 heavy (non-hydrogen) atoms. The number of aromatic hydroxyl groups is 2. The number of hydrogen-bond acceptors (Lipinski definition) is 4. The second kappa shape index (κ2) is 5.91. The van der Waals surface area contributed by atoms with Gasteiger partial charge in [-0.2, -0.15) is 0 Å². The number of nitrogens with zero attached hydrogens (tertiary/aromatic N) is 2. The van der Waals surface area contributed by atoms with Gasteiger partial charge in [-0.25, -0.2) is 0 Å². The average Bonchev–Trinajstić information content (AvgIpc) is 2.76. The van der Waals surface area contributed by atoms with Gasteiger partial charge in [0.25, 0.3) is 0 Å². The van der Waals surface area contributed by atoms with E-state index in [-0.39, 0.29) is 17.4 Å². The number of amides is 1.